The molecular formula is C16H28FNOSSi. The van der Waals surface area contributed by atoms with E-state index in [1.54, 1.807) is 11.8 Å². The van der Waals surface area contributed by atoms with Gasteiger partial charge >= 0.3 is 0 Å². The molecule has 0 unspecified atom stereocenters. The number of hydrogen-bond acceptors (Lipinski definition) is 3. The molecule has 0 amide bonds. The molecule has 1 rings (SSSR count). The number of benzene rings is 1. The van der Waals surface area contributed by atoms with E-state index in [0.29, 0.717) is 0 Å². The van der Waals surface area contributed by atoms with Crippen molar-refractivity contribution < 1.29 is 8.82 Å². The van der Waals surface area contributed by atoms with Crippen molar-refractivity contribution in [3.63, 3.8) is 0 Å². The van der Waals surface area contributed by atoms with Gasteiger partial charge in [-0.3, -0.25) is 0 Å². The molecule has 21 heavy (non-hydrogen) atoms. The largest absolute Gasteiger partial charge is 0.416 e. The molecule has 0 aliphatic heterocycles. The molecule has 0 saturated heterocycles. The predicted octanol–water partition coefficient (Wildman–Crippen LogP) is 4.63. The summed E-state index contributed by atoms with van der Waals surface area (Å²) < 4.78 is 18.9. The minimum atomic E-state index is -1.61. The topological polar surface area (TPSA) is 21.3 Å². The molecule has 0 heterocycles. The molecule has 0 spiro atoms. The van der Waals surface area contributed by atoms with E-state index in [-0.39, 0.29) is 10.9 Å². The Labute approximate surface area is 134 Å². The zero-order chi connectivity index (χ0) is 15.9. The fraction of sp³-hybridized carbons (Fsp3) is 0.625. The van der Waals surface area contributed by atoms with Crippen LogP contribution in [0.2, 0.25) is 18.1 Å². The highest BCUT2D eigenvalue weighted by Gasteiger charge is 2.36. The van der Waals surface area contributed by atoms with Gasteiger partial charge in [0.05, 0.1) is 0 Å². The molecular weight excluding hydrogens is 301 g/mol. The van der Waals surface area contributed by atoms with Crippen molar-refractivity contribution in [2.24, 2.45) is 0 Å². The molecule has 1 N–H and O–H groups in total. The zero-order valence-electron chi connectivity index (χ0n) is 13.8. The molecule has 0 radical (unpaired) electrons. The van der Waals surface area contributed by atoms with Crippen LogP contribution in [0.4, 0.5) is 4.39 Å². The lowest BCUT2D eigenvalue weighted by molar-refractivity contribution is 0.289. The first kappa shape index (κ1) is 18.7. The van der Waals surface area contributed by atoms with Crippen molar-refractivity contribution in [1.29, 1.82) is 0 Å². The van der Waals surface area contributed by atoms with Crippen LogP contribution in [0.5, 0.6) is 0 Å². The lowest BCUT2D eigenvalue weighted by Gasteiger charge is -2.36. The third-order valence-electron chi connectivity index (χ3n) is 3.93. The van der Waals surface area contributed by atoms with Crippen LogP contribution < -0.4 is 5.32 Å². The van der Waals surface area contributed by atoms with Gasteiger partial charge in [-0.2, -0.15) is 0 Å². The molecule has 0 bridgehead atoms. The average molecular weight is 330 g/mol. The maximum absolute atomic E-state index is 12.8. The van der Waals surface area contributed by atoms with Gasteiger partial charge in [-0.05, 0) is 35.8 Å². The van der Waals surface area contributed by atoms with Crippen LogP contribution in [0, 0.1) is 5.82 Å². The first-order valence-electron chi connectivity index (χ1n) is 7.39. The summed E-state index contributed by atoms with van der Waals surface area (Å²) in [7, 11) is -1.61. The summed E-state index contributed by atoms with van der Waals surface area (Å²) in [6, 6.07) is 6.69. The summed E-state index contributed by atoms with van der Waals surface area (Å²) in [5.74, 6) is 1.61. The van der Waals surface area contributed by atoms with E-state index in [1.807, 2.05) is 12.1 Å². The molecule has 120 valence electrons. The Bertz CT molecular complexity index is 417. The van der Waals surface area contributed by atoms with Crippen molar-refractivity contribution in [3.8, 4) is 0 Å². The average Bonchev–Trinajstić information content (AvgIpc) is 2.38. The summed E-state index contributed by atoms with van der Waals surface area (Å²) >= 11 is 1.80. The smallest absolute Gasteiger partial charge is 0.192 e. The second kappa shape index (κ2) is 8.32. The Morgan fingerprint density at radius 2 is 1.81 bits per heavy atom. The van der Waals surface area contributed by atoms with Gasteiger partial charge in [0, 0.05) is 24.8 Å². The molecule has 1 aromatic rings. The van der Waals surface area contributed by atoms with Gasteiger partial charge in [-0.25, -0.2) is 4.39 Å². The molecule has 0 aliphatic rings. The molecule has 0 atom stereocenters. The standard InChI is InChI=1S/C16H28FNOSSi/c1-16(2,3)21(4,5)19-11-10-18-13-20-12-14-6-8-15(17)9-7-14/h6-9,18H,10-13H2,1-5H3. The Kier molecular flexibility index (Phi) is 7.40. The van der Waals surface area contributed by atoms with Crippen LogP contribution in [0.15, 0.2) is 24.3 Å². The minimum absolute atomic E-state index is 0.176. The number of hydrogen-bond donors (Lipinski definition) is 1. The third kappa shape index (κ3) is 6.95. The SMILES string of the molecule is CC(C)(C)[Si](C)(C)OCCNCSCc1ccc(F)cc1. The van der Waals surface area contributed by atoms with Crippen LogP contribution in [0.3, 0.4) is 0 Å². The molecule has 1 aromatic carbocycles. The fourth-order valence-corrected chi connectivity index (χ4v) is 3.35. The normalized spacial score (nSPS) is 12.7. The first-order valence-corrected chi connectivity index (χ1v) is 11.5. The predicted molar refractivity (Wildman–Crippen MR) is 93.7 cm³/mol. The Hall–Kier alpha value is -0.363. The number of rotatable bonds is 8. The van der Waals surface area contributed by atoms with E-state index in [4.69, 9.17) is 4.43 Å². The highest BCUT2D eigenvalue weighted by Crippen LogP contribution is 2.36. The minimum Gasteiger partial charge on any atom is -0.416 e. The lowest BCUT2D eigenvalue weighted by atomic mass is 10.2. The highest BCUT2D eigenvalue weighted by molar-refractivity contribution is 7.98. The third-order valence-corrected chi connectivity index (χ3v) is 9.42. The molecule has 2 nitrogen and oxygen atoms in total. The second-order valence-electron chi connectivity index (χ2n) is 6.73. The van der Waals surface area contributed by atoms with Crippen molar-refractivity contribution in [3.05, 3.63) is 35.6 Å². The summed E-state index contributed by atoms with van der Waals surface area (Å²) in [5, 5.41) is 3.65. The number of nitrogens with one attached hydrogen (secondary N) is 1. The van der Waals surface area contributed by atoms with Crippen molar-refractivity contribution >= 4 is 20.1 Å². The quantitative estimate of drug-likeness (QED) is 0.427. The maximum Gasteiger partial charge on any atom is 0.192 e. The maximum atomic E-state index is 12.8. The fourth-order valence-electron chi connectivity index (χ4n) is 1.49. The summed E-state index contributed by atoms with van der Waals surface area (Å²) in [5.41, 5.74) is 1.15. The van der Waals surface area contributed by atoms with Crippen LogP contribution in [-0.4, -0.2) is 27.3 Å². The van der Waals surface area contributed by atoms with E-state index >= 15 is 0 Å². The van der Waals surface area contributed by atoms with Gasteiger partial charge in [0.25, 0.3) is 0 Å². The van der Waals surface area contributed by atoms with E-state index < -0.39 is 8.32 Å². The highest BCUT2D eigenvalue weighted by atomic mass is 32.2. The number of thioether (sulfide) groups is 1. The number of halogens is 1. The Morgan fingerprint density at radius 1 is 1.19 bits per heavy atom. The van der Waals surface area contributed by atoms with Crippen LogP contribution in [0.1, 0.15) is 26.3 Å². The lowest BCUT2D eigenvalue weighted by Crippen LogP contribution is -2.42. The molecule has 0 fully saturated rings. The van der Waals surface area contributed by atoms with Crippen LogP contribution >= 0.6 is 11.8 Å². The molecule has 0 saturated carbocycles. The zero-order valence-corrected chi connectivity index (χ0v) is 15.6. The summed E-state index contributed by atoms with van der Waals surface area (Å²) in [6.45, 7) is 13.0. The summed E-state index contributed by atoms with van der Waals surface area (Å²) in [4.78, 5) is 0. The van der Waals surface area contributed by atoms with E-state index in [9.17, 15) is 4.39 Å². The first-order chi connectivity index (χ1) is 9.72. The van der Waals surface area contributed by atoms with E-state index in [2.05, 4.69) is 39.2 Å². The Balaban J connectivity index is 2.09. The van der Waals surface area contributed by atoms with Gasteiger partial charge in [-0.1, -0.05) is 32.9 Å². The monoisotopic (exact) mass is 329 g/mol. The second-order valence-corrected chi connectivity index (χ2v) is 12.5. The molecule has 0 aliphatic carbocycles. The summed E-state index contributed by atoms with van der Waals surface area (Å²) in [6.07, 6.45) is 0. The van der Waals surface area contributed by atoms with E-state index in [0.717, 1.165) is 30.3 Å². The molecule has 0 aromatic heterocycles. The van der Waals surface area contributed by atoms with Gasteiger partial charge < -0.3 is 9.74 Å². The van der Waals surface area contributed by atoms with Gasteiger partial charge in [-0.15, -0.1) is 11.8 Å². The van der Waals surface area contributed by atoms with Gasteiger partial charge in [0.2, 0.25) is 0 Å². The van der Waals surface area contributed by atoms with Crippen molar-refractivity contribution in [2.45, 2.75) is 44.7 Å². The van der Waals surface area contributed by atoms with Crippen molar-refractivity contribution in [2.75, 3.05) is 19.0 Å². The van der Waals surface area contributed by atoms with Crippen molar-refractivity contribution in [1.82, 2.24) is 5.32 Å². The van der Waals surface area contributed by atoms with Crippen LogP contribution in [0.25, 0.3) is 0 Å². The Morgan fingerprint density at radius 3 is 2.38 bits per heavy atom. The van der Waals surface area contributed by atoms with Gasteiger partial charge in [0.15, 0.2) is 8.32 Å². The van der Waals surface area contributed by atoms with Crippen LogP contribution in [-0.2, 0) is 10.2 Å². The van der Waals surface area contributed by atoms with E-state index in [1.165, 1.54) is 12.1 Å². The molecule has 5 heteroatoms. The van der Waals surface area contributed by atoms with Gasteiger partial charge in [0.1, 0.15) is 5.82 Å².